The maximum atomic E-state index is 10.8. The molecule has 2 atom stereocenters. The van der Waals surface area contributed by atoms with E-state index in [4.69, 9.17) is 10.2 Å². The number of nitrogens with one attached hydrogen (secondary N) is 1. The fourth-order valence-electron chi connectivity index (χ4n) is 2.10. The Morgan fingerprint density at radius 1 is 1.59 bits per heavy atom. The first-order valence-electron chi connectivity index (χ1n) is 5.98. The number of nitrogens with zero attached hydrogens (tertiary/aromatic N) is 1. The Morgan fingerprint density at radius 2 is 2.29 bits per heavy atom. The van der Waals surface area contributed by atoms with E-state index >= 15 is 0 Å². The van der Waals surface area contributed by atoms with Crippen LogP contribution in [0.4, 0.5) is 0 Å². The molecule has 6 nitrogen and oxygen atoms in total. The lowest BCUT2D eigenvalue weighted by molar-refractivity contribution is -0.158. The summed E-state index contributed by atoms with van der Waals surface area (Å²) in [5.41, 5.74) is -1.77. The van der Waals surface area contributed by atoms with Crippen molar-refractivity contribution < 1.29 is 20.1 Å². The number of aliphatic hydroxyl groups excluding tert-OH is 1. The Balaban J connectivity index is 2.49. The van der Waals surface area contributed by atoms with Crippen molar-refractivity contribution in [3.8, 4) is 0 Å². The SMILES string of the molecule is CC(O)(CN(CCO)CC1CCCN1)C(=O)O. The van der Waals surface area contributed by atoms with Gasteiger partial charge in [0.2, 0.25) is 0 Å². The lowest BCUT2D eigenvalue weighted by Crippen LogP contribution is -2.50. The first-order chi connectivity index (χ1) is 7.95. The minimum atomic E-state index is -1.77. The van der Waals surface area contributed by atoms with Gasteiger partial charge in [0, 0.05) is 25.7 Å². The molecule has 0 aromatic heterocycles. The predicted molar refractivity (Wildman–Crippen MR) is 62.8 cm³/mol. The van der Waals surface area contributed by atoms with E-state index in [1.54, 1.807) is 4.90 Å². The second-order valence-corrected chi connectivity index (χ2v) is 4.83. The molecule has 0 aromatic carbocycles. The van der Waals surface area contributed by atoms with Crippen molar-refractivity contribution in [1.82, 2.24) is 10.2 Å². The van der Waals surface area contributed by atoms with Crippen LogP contribution in [0.5, 0.6) is 0 Å². The second kappa shape index (κ2) is 6.30. The summed E-state index contributed by atoms with van der Waals surface area (Å²) in [7, 11) is 0. The van der Waals surface area contributed by atoms with E-state index < -0.39 is 11.6 Å². The summed E-state index contributed by atoms with van der Waals surface area (Å²) < 4.78 is 0. The van der Waals surface area contributed by atoms with Gasteiger partial charge in [-0.3, -0.25) is 4.90 Å². The Bertz CT molecular complexity index is 252. The molecule has 1 heterocycles. The molecule has 100 valence electrons. The maximum Gasteiger partial charge on any atom is 0.336 e. The van der Waals surface area contributed by atoms with Gasteiger partial charge < -0.3 is 20.6 Å². The number of rotatable bonds is 7. The minimum Gasteiger partial charge on any atom is -0.479 e. The number of aliphatic hydroxyl groups is 2. The average Bonchev–Trinajstić information content (AvgIpc) is 2.69. The number of carbonyl (C=O) groups is 1. The van der Waals surface area contributed by atoms with Crippen LogP contribution in [0.1, 0.15) is 19.8 Å². The third-order valence-electron chi connectivity index (χ3n) is 3.05. The number of aliphatic carboxylic acids is 1. The predicted octanol–water partition coefficient (Wildman–Crippen LogP) is -1.13. The molecule has 0 aromatic rings. The summed E-state index contributed by atoms with van der Waals surface area (Å²) in [6.07, 6.45) is 2.17. The van der Waals surface area contributed by atoms with E-state index in [2.05, 4.69) is 5.32 Å². The highest BCUT2D eigenvalue weighted by molar-refractivity contribution is 5.76. The molecule has 1 aliphatic rings. The molecule has 0 aliphatic carbocycles. The van der Waals surface area contributed by atoms with Crippen LogP contribution in [-0.4, -0.2) is 70.6 Å². The fraction of sp³-hybridized carbons (Fsp3) is 0.909. The van der Waals surface area contributed by atoms with E-state index in [0.717, 1.165) is 19.4 Å². The van der Waals surface area contributed by atoms with Crippen molar-refractivity contribution in [3.05, 3.63) is 0 Å². The monoisotopic (exact) mass is 246 g/mol. The highest BCUT2D eigenvalue weighted by Gasteiger charge is 2.33. The van der Waals surface area contributed by atoms with Crippen molar-refractivity contribution in [2.24, 2.45) is 0 Å². The molecule has 0 saturated carbocycles. The highest BCUT2D eigenvalue weighted by Crippen LogP contribution is 2.11. The van der Waals surface area contributed by atoms with Crippen LogP contribution in [0, 0.1) is 0 Å². The molecule has 0 spiro atoms. The molecule has 4 N–H and O–H groups in total. The number of carboxylic acids is 1. The zero-order valence-electron chi connectivity index (χ0n) is 10.2. The largest absolute Gasteiger partial charge is 0.479 e. The molecule has 6 heteroatoms. The third kappa shape index (κ3) is 4.59. The lowest BCUT2D eigenvalue weighted by Gasteiger charge is -2.30. The Labute approximate surface area is 101 Å². The van der Waals surface area contributed by atoms with E-state index in [-0.39, 0.29) is 13.2 Å². The van der Waals surface area contributed by atoms with Gasteiger partial charge in [0.05, 0.1) is 6.61 Å². The molecule has 1 rings (SSSR count). The van der Waals surface area contributed by atoms with Crippen LogP contribution >= 0.6 is 0 Å². The Kier molecular flexibility index (Phi) is 5.32. The van der Waals surface area contributed by atoms with Crippen LogP contribution in [0.25, 0.3) is 0 Å². The van der Waals surface area contributed by atoms with Crippen LogP contribution in [0.15, 0.2) is 0 Å². The van der Waals surface area contributed by atoms with Crippen molar-refractivity contribution in [1.29, 1.82) is 0 Å². The van der Waals surface area contributed by atoms with Gasteiger partial charge in [-0.05, 0) is 26.3 Å². The van der Waals surface area contributed by atoms with E-state index in [1.165, 1.54) is 6.92 Å². The topological polar surface area (TPSA) is 93.0 Å². The van der Waals surface area contributed by atoms with Crippen molar-refractivity contribution in [3.63, 3.8) is 0 Å². The van der Waals surface area contributed by atoms with E-state index in [9.17, 15) is 9.90 Å². The Hall–Kier alpha value is -0.690. The van der Waals surface area contributed by atoms with Crippen molar-refractivity contribution in [2.75, 3.05) is 32.8 Å². The summed E-state index contributed by atoms with van der Waals surface area (Å²) in [6, 6.07) is 0.325. The summed E-state index contributed by atoms with van der Waals surface area (Å²) in [5.74, 6) is -1.24. The zero-order valence-corrected chi connectivity index (χ0v) is 10.2. The summed E-state index contributed by atoms with van der Waals surface area (Å²) in [4.78, 5) is 12.6. The van der Waals surface area contributed by atoms with Crippen LogP contribution < -0.4 is 5.32 Å². The Morgan fingerprint density at radius 3 is 2.76 bits per heavy atom. The molecule has 2 unspecified atom stereocenters. The molecule has 0 bridgehead atoms. The highest BCUT2D eigenvalue weighted by atomic mass is 16.4. The van der Waals surface area contributed by atoms with Crippen molar-refractivity contribution >= 4 is 5.97 Å². The van der Waals surface area contributed by atoms with Crippen LogP contribution in [0.2, 0.25) is 0 Å². The number of carboxylic acid groups (broad SMARTS) is 1. The minimum absolute atomic E-state index is 0.0288. The molecule has 0 amide bonds. The molecule has 17 heavy (non-hydrogen) atoms. The first kappa shape index (κ1) is 14.4. The first-order valence-corrected chi connectivity index (χ1v) is 5.98. The number of hydrogen-bond donors (Lipinski definition) is 4. The van der Waals surface area contributed by atoms with Gasteiger partial charge in [0.15, 0.2) is 5.60 Å². The summed E-state index contributed by atoms with van der Waals surface area (Å²) in [5, 5.41) is 30.8. The van der Waals surface area contributed by atoms with Gasteiger partial charge >= 0.3 is 5.97 Å². The molecule has 1 fully saturated rings. The average molecular weight is 246 g/mol. The van der Waals surface area contributed by atoms with Crippen LogP contribution in [0.3, 0.4) is 0 Å². The van der Waals surface area contributed by atoms with Gasteiger partial charge in [0.25, 0.3) is 0 Å². The van der Waals surface area contributed by atoms with Crippen LogP contribution in [-0.2, 0) is 4.79 Å². The fourth-order valence-corrected chi connectivity index (χ4v) is 2.10. The third-order valence-corrected chi connectivity index (χ3v) is 3.05. The van der Waals surface area contributed by atoms with Crippen molar-refractivity contribution in [2.45, 2.75) is 31.4 Å². The standard InChI is InChI=1S/C11H22N2O4/c1-11(17,10(15)16)8-13(5-6-14)7-9-3-2-4-12-9/h9,12,14,17H,2-8H2,1H3,(H,15,16). The van der Waals surface area contributed by atoms with E-state index in [0.29, 0.717) is 19.1 Å². The molecular formula is C11H22N2O4. The zero-order chi connectivity index (χ0) is 12.9. The molecule has 1 aliphatic heterocycles. The maximum absolute atomic E-state index is 10.8. The summed E-state index contributed by atoms with van der Waals surface area (Å²) in [6.45, 7) is 3.28. The van der Waals surface area contributed by atoms with Gasteiger partial charge in [-0.1, -0.05) is 0 Å². The number of hydrogen-bond acceptors (Lipinski definition) is 5. The van der Waals surface area contributed by atoms with Gasteiger partial charge in [0.1, 0.15) is 0 Å². The van der Waals surface area contributed by atoms with Gasteiger partial charge in [-0.25, -0.2) is 4.79 Å². The smallest absolute Gasteiger partial charge is 0.336 e. The van der Waals surface area contributed by atoms with E-state index in [1.807, 2.05) is 0 Å². The molecule has 1 saturated heterocycles. The molecule has 0 radical (unpaired) electrons. The van der Waals surface area contributed by atoms with Gasteiger partial charge in [-0.2, -0.15) is 0 Å². The summed E-state index contributed by atoms with van der Waals surface area (Å²) >= 11 is 0. The lowest BCUT2D eigenvalue weighted by atomic mass is 10.1. The normalized spacial score (nSPS) is 23.9. The van der Waals surface area contributed by atoms with Gasteiger partial charge in [-0.15, -0.1) is 0 Å². The quantitative estimate of drug-likeness (QED) is 0.454. The molecular weight excluding hydrogens is 224 g/mol. The second-order valence-electron chi connectivity index (χ2n) is 4.83.